The molecule has 1 aromatic carbocycles. The van der Waals surface area contributed by atoms with Gasteiger partial charge in [-0.25, -0.2) is 0 Å². The van der Waals surface area contributed by atoms with E-state index in [1.165, 1.54) is 96.3 Å². The van der Waals surface area contributed by atoms with Crippen LogP contribution in [0.1, 0.15) is 117 Å². The van der Waals surface area contributed by atoms with Gasteiger partial charge in [0.25, 0.3) is 0 Å². The average molecular weight is 494 g/mol. The van der Waals surface area contributed by atoms with Gasteiger partial charge in [0.15, 0.2) is 0 Å². The monoisotopic (exact) mass is 493 g/mol. The molecule has 4 nitrogen and oxygen atoms in total. The smallest absolute Gasteiger partial charge is 0.223 e. The minimum Gasteiger partial charge on any atom is -0.508 e. The number of hydrogen-bond donors (Lipinski definition) is 2. The van der Waals surface area contributed by atoms with Gasteiger partial charge in [0.1, 0.15) is 11.5 Å². The summed E-state index contributed by atoms with van der Waals surface area (Å²) in [6.07, 6.45) is 21.3. The van der Waals surface area contributed by atoms with Gasteiger partial charge in [-0.2, -0.15) is 11.8 Å². The van der Waals surface area contributed by atoms with Crippen LogP contribution in [0.15, 0.2) is 24.3 Å². The van der Waals surface area contributed by atoms with Gasteiger partial charge in [0, 0.05) is 17.5 Å². The molecule has 1 amide bonds. The molecule has 0 heterocycles. The fraction of sp³-hybridized carbons (Fsp3) is 0.759. The second kappa shape index (κ2) is 22.1. The van der Waals surface area contributed by atoms with Crippen LogP contribution < -0.4 is 10.1 Å². The summed E-state index contributed by atoms with van der Waals surface area (Å²) in [4.78, 5) is 11.9. The van der Waals surface area contributed by atoms with Crippen molar-refractivity contribution in [3.05, 3.63) is 24.3 Å². The molecule has 0 saturated heterocycles. The normalized spacial score (nSPS) is 11.9. The Bertz CT molecular complexity index is 594. The number of benzene rings is 1. The summed E-state index contributed by atoms with van der Waals surface area (Å²) in [5.74, 6) is 1.86. The molecule has 5 heteroatoms. The number of hydrogen-bond acceptors (Lipinski definition) is 4. The molecule has 196 valence electrons. The molecule has 1 unspecified atom stereocenters. The SMILES string of the molecule is CCCCCCCCCCCCCCCCC(C)SCCNC(=O)CCOc1ccc(O)cc1. The molecule has 34 heavy (non-hydrogen) atoms. The second-order valence-corrected chi connectivity index (χ2v) is 11.1. The lowest BCUT2D eigenvalue weighted by Gasteiger charge is -2.12. The van der Waals surface area contributed by atoms with Crippen LogP contribution in [-0.2, 0) is 4.79 Å². The predicted molar refractivity (Wildman–Crippen MR) is 148 cm³/mol. The molecule has 0 aromatic heterocycles. The summed E-state index contributed by atoms with van der Waals surface area (Å²) >= 11 is 1.96. The lowest BCUT2D eigenvalue weighted by molar-refractivity contribution is -0.121. The lowest BCUT2D eigenvalue weighted by Crippen LogP contribution is -2.27. The number of phenolic OH excluding ortho intramolecular Hbond substituents is 1. The molecular formula is C29H51NO3S. The third-order valence-electron chi connectivity index (χ3n) is 6.23. The highest BCUT2D eigenvalue weighted by atomic mass is 32.2. The highest BCUT2D eigenvalue weighted by Gasteiger charge is 2.05. The van der Waals surface area contributed by atoms with Crippen LogP contribution in [0.5, 0.6) is 11.5 Å². The number of rotatable bonds is 23. The molecule has 0 fully saturated rings. The van der Waals surface area contributed by atoms with E-state index in [1.807, 2.05) is 11.8 Å². The Hall–Kier alpha value is -1.36. The summed E-state index contributed by atoms with van der Waals surface area (Å²) < 4.78 is 5.52. The standard InChI is InChI=1S/C29H51NO3S/c1-3-4-5-6-7-8-9-10-11-12-13-14-15-16-17-26(2)34-25-23-30-29(32)22-24-33-28-20-18-27(31)19-21-28/h18-21,26,31H,3-17,22-25H2,1-2H3,(H,30,32). The molecule has 0 saturated carbocycles. The van der Waals surface area contributed by atoms with Crippen LogP contribution in [0.3, 0.4) is 0 Å². The number of aromatic hydroxyl groups is 1. The van der Waals surface area contributed by atoms with Crippen LogP contribution in [0, 0.1) is 0 Å². The number of phenols is 1. The van der Waals surface area contributed by atoms with Gasteiger partial charge in [-0.1, -0.05) is 104 Å². The number of carbonyl (C=O) groups excluding carboxylic acids is 1. The van der Waals surface area contributed by atoms with Gasteiger partial charge in [-0.3, -0.25) is 4.79 Å². The van der Waals surface area contributed by atoms with E-state index < -0.39 is 0 Å². The van der Waals surface area contributed by atoms with E-state index in [4.69, 9.17) is 4.74 Å². The van der Waals surface area contributed by atoms with Crippen molar-refractivity contribution >= 4 is 17.7 Å². The molecule has 0 spiro atoms. The number of amides is 1. The van der Waals surface area contributed by atoms with Gasteiger partial charge in [-0.05, 0) is 30.7 Å². The zero-order valence-corrected chi connectivity index (χ0v) is 22.8. The minimum atomic E-state index is 0.0269. The number of nitrogens with one attached hydrogen (secondary N) is 1. The van der Waals surface area contributed by atoms with Gasteiger partial charge in [0.05, 0.1) is 13.0 Å². The Morgan fingerprint density at radius 1 is 0.882 bits per heavy atom. The number of thioether (sulfide) groups is 1. The molecule has 0 aliphatic carbocycles. The Morgan fingerprint density at radius 2 is 1.41 bits per heavy atom. The zero-order valence-electron chi connectivity index (χ0n) is 22.0. The van der Waals surface area contributed by atoms with Crippen molar-refractivity contribution in [3.8, 4) is 11.5 Å². The van der Waals surface area contributed by atoms with E-state index in [0.29, 0.717) is 30.6 Å². The largest absolute Gasteiger partial charge is 0.508 e. The molecule has 1 atom stereocenters. The summed E-state index contributed by atoms with van der Waals surface area (Å²) in [5, 5.41) is 12.9. The van der Waals surface area contributed by atoms with Crippen molar-refractivity contribution in [2.75, 3.05) is 18.9 Å². The minimum absolute atomic E-state index is 0.0269. The van der Waals surface area contributed by atoms with Crippen molar-refractivity contribution in [1.82, 2.24) is 5.32 Å². The maximum atomic E-state index is 11.9. The fourth-order valence-electron chi connectivity index (χ4n) is 4.05. The first-order valence-corrected chi connectivity index (χ1v) is 15.0. The van der Waals surface area contributed by atoms with E-state index in [-0.39, 0.29) is 11.7 Å². The number of carbonyl (C=O) groups is 1. The summed E-state index contributed by atoms with van der Waals surface area (Å²) in [7, 11) is 0. The Kier molecular flexibility index (Phi) is 20.0. The molecule has 0 radical (unpaired) electrons. The third kappa shape index (κ3) is 19.0. The molecule has 0 bridgehead atoms. The van der Waals surface area contributed by atoms with Crippen molar-refractivity contribution in [2.45, 2.75) is 122 Å². The Balaban J connectivity index is 1.81. The fourth-order valence-corrected chi connectivity index (χ4v) is 5.01. The van der Waals surface area contributed by atoms with E-state index in [2.05, 4.69) is 19.2 Å². The van der Waals surface area contributed by atoms with E-state index in [0.717, 1.165) is 5.75 Å². The summed E-state index contributed by atoms with van der Waals surface area (Å²) in [6.45, 7) is 5.65. The molecule has 1 aromatic rings. The third-order valence-corrected chi connectivity index (χ3v) is 7.47. The van der Waals surface area contributed by atoms with Gasteiger partial charge in [0.2, 0.25) is 5.91 Å². The maximum Gasteiger partial charge on any atom is 0.223 e. The highest BCUT2D eigenvalue weighted by molar-refractivity contribution is 7.99. The van der Waals surface area contributed by atoms with Crippen molar-refractivity contribution in [1.29, 1.82) is 0 Å². The van der Waals surface area contributed by atoms with E-state index in [9.17, 15) is 9.90 Å². The van der Waals surface area contributed by atoms with Gasteiger partial charge >= 0.3 is 0 Å². The predicted octanol–water partition coefficient (Wildman–Crippen LogP) is 8.27. The molecule has 2 N–H and O–H groups in total. The second-order valence-electron chi connectivity index (χ2n) is 9.51. The van der Waals surface area contributed by atoms with Crippen molar-refractivity contribution < 1.29 is 14.6 Å². The van der Waals surface area contributed by atoms with Crippen LogP contribution in [0.2, 0.25) is 0 Å². The van der Waals surface area contributed by atoms with E-state index in [1.54, 1.807) is 24.3 Å². The van der Waals surface area contributed by atoms with E-state index >= 15 is 0 Å². The highest BCUT2D eigenvalue weighted by Crippen LogP contribution is 2.19. The topological polar surface area (TPSA) is 58.6 Å². The quantitative estimate of drug-likeness (QED) is 0.151. The molecule has 0 aliphatic rings. The first-order valence-electron chi connectivity index (χ1n) is 13.9. The molecule has 1 rings (SSSR count). The maximum absolute atomic E-state index is 11.9. The Labute approximate surface area is 214 Å². The summed E-state index contributed by atoms with van der Waals surface area (Å²) in [6, 6.07) is 6.55. The van der Waals surface area contributed by atoms with Crippen LogP contribution in [-0.4, -0.2) is 35.2 Å². The average Bonchev–Trinajstić information content (AvgIpc) is 2.83. The summed E-state index contributed by atoms with van der Waals surface area (Å²) in [5.41, 5.74) is 0. The van der Waals surface area contributed by atoms with Crippen LogP contribution in [0.4, 0.5) is 0 Å². The molecular weight excluding hydrogens is 442 g/mol. The van der Waals surface area contributed by atoms with Crippen molar-refractivity contribution in [2.24, 2.45) is 0 Å². The van der Waals surface area contributed by atoms with Gasteiger partial charge in [-0.15, -0.1) is 0 Å². The lowest BCUT2D eigenvalue weighted by atomic mass is 10.0. The van der Waals surface area contributed by atoms with Crippen LogP contribution >= 0.6 is 11.8 Å². The zero-order chi connectivity index (χ0) is 24.7. The number of ether oxygens (including phenoxy) is 1. The van der Waals surface area contributed by atoms with Crippen molar-refractivity contribution in [3.63, 3.8) is 0 Å². The molecule has 0 aliphatic heterocycles. The first kappa shape index (κ1) is 30.7. The van der Waals surface area contributed by atoms with Crippen LogP contribution in [0.25, 0.3) is 0 Å². The Morgan fingerprint density at radius 3 is 1.97 bits per heavy atom. The first-order chi connectivity index (χ1) is 16.6. The van der Waals surface area contributed by atoms with Gasteiger partial charge < -0.3 is 15.2 Å². The number of unbranched alkanes of at least 4 members (excludes halogenated alkanes) is 13.